The average molecular weight is 426 g/mol. The lowest BCUT2D eigenvalue weighted by atomic mass is 10.1. The summed E-state index contributed by atoms with van der Waals surface area (Å²) < 4.78 is 26.9. The molecule has 0 fully saturated rings. The Balaban J connectivity index is 1.92. The van der Waals surface area contributed by atoms with Crippen LogP contribution in [-0.2, 0) is 14.6 Å². The lowest BCUT2D eigenvalue weighted by Gasteiger charge is -2.12. The Kier molecular flexibility index (Phi) is 4.59. The molecule has 0 spiro atoms. The monoisotopic (exact) mass is 426 g/mol. The molecule has 0 saturated carbocycles. The molecule has 10 nitrogen and oxygen atoms in total. The number of aliphatic carboxylic acids is 1. The molecule has 2 aromatic carbocycles. The summed E-state index contributed by atoms with van der Waals surface area (Å²) in [6.45, 7) is -0.652. The molecule has 0 bridgehead atoms. The molecule has 11 heteroatoms. The molecule has 3 N–H and O–H groups in total. The Hall–Kier alpha value is -3.99. The van der Waals surface area contributed by atoms with Crippen LogP contribution in [-0.4, -0.2) is 51.7 Å². The molecule has 152 valence electrons. The van der Waals surface area contributed by atoms with Crippen LogP contribution in [0.5, 0.6) is 5.75 Å². The number of carboxylic acids is 1. The van der Waals surface area contributed by atoms with Gasteiger partial charge in [-0.15, -0.1) is 0 Å². The van der Waals surface area contributed by atoms with Crippen LogP contribution in [0, 0.1) is 0 Å². The third-order valence-corrected chi connectivity index (χ3v) is 6.22. The van der Waals surface area contributed by atoms with Crippen LogP contribution in [0.2, 0.25) is 0 Å². The number of nitrogens with zero attached hydrogens (tertiary/aromatic N) is 3. The molecular weight excluding hydrogens is 412 g/mol. The maximum absolute atomic E-state index is 12.9. The fourth-order valence-electron chi connectivity index (χ4n) is 3.08. The summed E-state index contributed by atoms with van der Waals surface area (Å²) >= 11 is 0. The van der Waals surface area contributed by atoms with Crippen molar-refractivity contribution in [3.63, 3.8) is 0 Å². The first-order valence-electron chi connectivity index (χ1n) is 8.59. The Morgan fingerprint density at radius 1 is 1.03 bits per heavy atom. The number of sulfone groups is 1. The minimum Gasteiger partial charge on any atom is -0.505 e. The second kappa shape index (κ2) is 7.12. The van der Waals surface area contributed by atoms with Gasteiger partial charge in [-0.2, -0.15) is 5.10 Å². The predicted octanol–water partition coefficient (Wildman–Crippen LogP) is 1.24. The van der Waals surface area contributed by atoms with E-state index >= 15 is 0 Å². The smallest absolute Gasteiger partial charge is 0.322 e. The number of carbonyl (C=O) groups is 2. The van der Waals surface area contributed by atoms with Crippen LogP contribution in [0.3, 0.4) is 0 Å². The molecule has 0 aliphatic rings. The lowest BCUT2D eigenvalue weighted by molar-refractivity contribution is -0.135. The number of hydrogen-bond acceptors (Lipinski definition) is 7. The van der Waals surface area contributed by atoms with E-state index in [1.807, 2.05) is 0 Å². The Labute approximate surface area is 169 Å². The highest BCUT2D eigenvalue weighted by Gasteiger charge is 2.24. The van der Waals surface area contributed by atoms with E-state index in [4.69, 9.17) is 5.11 Å². The summed E-state index contributed by atoms with van der Waals surface area (Å²) in [6.07, 6.45) is 1.14. The molecule has 4 aromatic rings. The molecule has 2 heterocycles. The van der Waals surface area contributed by atoms with Gasteiger partial charge in [-0.1, -0.05) is 18.2 Å². The molecule has 4 rings (SSSR count). The molecule has 1 amide bonds. The van der Waals surface area contributed by atoms with E-state index in [1.165, 1.54) is 30.3 Å². The van der Waals surface area contributed by atoms with Crippen LogP contribution in [0.25, 0.3) is 16.4 Å². The van der Waals surface area contributed by atoms with Crippen LogP contribution < -0.4 is 5.32 Å². The molecule has 0 aliphatic heterocycles. The van der Waals surface area contributed by atoms with E-state index in [2.05, 4.69) is 15.4 Å². The first-order chi connectivity index (χ1) is 14.3. The van der Waals surface area contributed by atoms with E-state index in [9.17, 15) is 23.1 Å². The topological polar surface area (TPSA) is 151 Å². The van der Waals surface area contributed by atoms with Gasteiger partial charge in [0.2, 0.25) is 9.84 Å². The zero-order chi connectivity index (χ0) is 21.5. The molecule has 0 atom stereocenters. The second-order valence-electron chi connectivity index (χ2n) is 6.29. The van der Waals surface area contributed by atoms with Gasteiger partial charge in [0.1, 0.15) is 12.9 Å². The summed E-state index contributed by atoms with van der Waals surface area (Å²) in [5.41, 5.74) is -0.177. The predicted molar refractivity (Wildman–Crippen MR) is 104 cm³/mol. The minimum absolute atomic E-state index is 0.0198. The van der Waals surface area contributed by atoms with Gasteiger partial charge in [0, 0.05) is 10.8 Å². The summed E-state index contributed by atoms with van der Waals surface area (Å²) in [4.78, 5) is 27.3. The van der Waals surface area contributed by atoms with E-state index in [-0.39, 0.29) is 31.9 Å². The molecule has 2 aromatic heterocycles. The molecule has 0 saturated heterocycles. The molecule has 0 aliphatic carbocycles. The zero-order valence-electron chi connectivity index (χ0n) is 15.2. The minimum atomic E-state index is -3.82. The van der Waals surface area contributed by atoms with Crippen LogP contribution in [0.15, 0.2) is 64.6 Å². The molecule has 0 unspecified atom stereocenters. The van der Waals surface area contributed by atoms with Crippen molar-refractivity contribution < 1.29 is 28.2 Å². The van der Waals surface area contributed by atoms with Crippen molar-refractivity contribution in [2.45, 2.75) is 9.79 Å². The third-order valence-electron chi connectivity index (χ3n) is 4.45. The fraction of sp³-hybridized carbons (Fsp3) is 0.0526. The van der Waals surface area contributed by atoms with Crippen LogP contribution in [0.1, 0.15) is 10.5 Å². The summed E-state index contributed by atoms with van der Waals surface area (Å²) in [5, 5.41) is 25.9. The number of carbonyl (C=O) groups excluding carboxylic acids is 1. The van der Waals surface area contributed by atoms with E-state index in [1.54, 1.807) is 18.2 Å². The van der Waals surface area contributed by atoms with Crippen molar-refractivity contribution in [3.8, 4) is 5.75 Å². The van der Waals surface area contributed by atoms with Crippen molar-refractivity contribution in [2.75, 3.05) is 6.54 Å². The number of benzene rings is 2. The van der Waals surface area contributed by atoms with Gasteiger partial charge in [0.05, 0.1) is 9.79 Å². The van der Waals surface area contributed by atoms with Crippen LogP contribution in [0.4, 0.5) is 0 Å². The van der Waals surface area contributed by atoms with Crippen molar-refractivity contribution in [1.29, 1.82) is 0 Å². The zero-order valence-corrected chi connectivity index (χ0v) is 16.0. The summed E-state index contributed by atoms with van der Waals surface area (Å²) in [7, 11) is -3.82. The largest absolute Gasteiger partial charge is 0.505 e. The highest BCUT2D eigenvalue weighted by Crippen LogP contribution is 2.34. The van der Waals surface area contributed by atoms with Crippen molar-refractivity contribution >= 4 is 38.1 Å². The van der Waals surface area contributed by atoms with Gasteiger partial charge in [-0.05, 0) is 30.3 Å². The number of fused-ring (bicyclic) bond motifs is 3. The van der Waals surface area contributed by atoms with Gasteiger partial charge in [-0.3, -0.25) is 9.59 Å². The quantitative estimate of drug-likeness (QED) is 0.431. The number of rotatable bonds is 5. The van der Waals surface area contributed by atoms with Gasteiger partial charge in [-0.25, -0.2) is 17.9 Å². The van der Waals surface area contributed by atoms with Gasteiger partial charge in [0.25, 0.3) is 5.91 Å². The number of nitrogens with one attached hydrogen (secondary N) is 1. The summed E-state index contributed by atoms with van der Waals surface area (Å²) in [6, 6.07) is 11.9. The SMILES string of the molecule is O=C(O)CNC(=O)c1c(O)c2ccc(S(=O)(=O)c3ccccc3)cc2c2ncnn12. The number of aromatic hydroxyl groups is 1. The standard InChI is InChI=1S/C19H14N4O6S/c24-15(25)9-20-19(27)16-17(26)13-7-6-12(8-14(13)18-21-10-22-23(16)18)30(28,29)11-4-2-1-3-5-11/h1-8,10,26H,9H2,(H,20,27)(H,24,25). The van der Waals surface area contributed by atoms with Crippen LogP contribution >= 0.6 is 0 Å². The normalized spacial score (nSPS) is 11.6. The van der Waals surface area contributed by atoms with Crippen molar-refractivity contribution in [2.24, 2.45) is 0 Å². The first-order valence-corrected chi connectivity index (χ1v) is 10.1. The first kappa shape index (κ1) is 19.3. The number of amides is 1. The number of pyridine rings is 1. The van der Waals surface area contributed by atoms with Gasteiger partial charge < -0.3 is 15.5 Å². The molecular formula is C19H14N4O6S. The third kappa shape index (κ3) is 3.10. The number of hydrogen-bond donors (Lipinski definition) is 3. The van der Waals surface area contributed by atoms with E-state index in [0.717, 1.165) is 10.8 Å². The fourth-order valence-corrected chi connectivity index (χ4v) is 4.39. The van der Waals surface area contributed by atoms with Gasteiger partial charge in [0.15, 0.2) is 17.1 Å². The Morgan fingerprint density at radius 3 is 2.47 bits per heavy atom. The Morgan fingerprint density at radius 2 is 1.77 bits per heavy atom. The highest BCUT2D eigenvalue weighted by atomic mass is 32.2. The van der Waals surface area contributed by atoms with Crippen molar-refractivity contribution in [3.05, 3.63) is 60.6 Å². The Bertz CT molecular complexity index is 1410. The molecule has 30 heavy (non-hydrogen) atoms. The van der Waals surface area contributed by atoms with Crippen molar-refractivity contribution in [1.82, 2.24) is 19.9 Å². The maximum Gasteiger partial charge on any atom is 0.322 e. The maximum atomic E-state index is 12.9. The molecule has 0 radical (unpaired) electrons. The van der Waals surface area contributed by atoms with E-state index < -0.39 is 34.0 Å². The lowest BCUT2D eigenvalue weighted by Crippen LogP contribution is -2.31. The number of aromatic nitrogens is 3. The summed E-state index contributed by atoms with van der Waals surface area (Å²) in [5.74, 6) is -2.60. The second-order valence-corrected chi connectivity index (χ2v) is 8.24. The van der Waals surface area contributed by atoms with Gasteiger partial charge >= 0.3 is 5.97 Å². The average Bonchev–Trinajstić information content (AvgIpc) is 3.22. The highest BCUT2D eigenvalue weighted by molar-refractivity contribution is 7.91. The van der Waals surface area contributed by atoms with E-state index in [0.29, 0.717) is 0 Å². The number of carboxylic acid groups (broad SMARTS) is 1.